The highest BCUT2D eigenvalue weighted by atomic mass is 32.1. The van der Waals surface area contributed by atoms with E-state index in [2.05, 4.69) is 20.2 Å². The van der Waals surface area contributed by atoms with Crippen LogP contribution in [0.1, 0.15) is 36.0 Å². The maximum absolute atomic E-state index is 10.7. The van der Waals surface area contributed by atoms with E-state index in [1.807, 2.05) is 42.7 Å². The van der Waals surface area contributed by atoms with E-state index >= 15 is 0 Å². The van der Waals surface area contributed by atoms with E-state index in [-0.39, 0.29) is 5.88 Å². The average molecular weight is 392 g/mol. The molecule has 0 bridgehead atoms. The minimum atomic E-state index is 0.141. The fraction of sp³-hybridized carbons (Fsp3) is 0.333. The smallest absolute Gasteiger partial charge is 0.220 e. The summed E-state index contributed by atoms with van der Waals surface area (Å²) in [5.74, 6) is 1.44. The van der Waals surface area contributed by atoms with E-state index < -0.39 is 0 Å². The lowest BCUT2D eigenvalue weighted by atomic mass is 9.97. The molecule has 1 aromatic carbocycles. The molecule has 0 fully saturated rings. The van der Waals surface area contributed by atoms with Crippen molar-refractivity contribution in [2.45, 2.75) is 46.1 Å². The third-order valence-corrected chi connectivity index (χ3v) is 6.57. The van der Waals surface area contributed by atoms with Gasteiger partial charge in [-0.05, 0) is 51.2 Å². The summed E-state index contributed by atoms with van der Waals surface area (Å²) < 4.78 is 1.84. The second-order valence-corrected chi connectivity index (χ2v) is 8.20. The maximum atomic E-state index is 10.7. The Balaban J connectivity index is 1.69. The Morgan fingerprint density at radius 3 is 2.82 bits per heavy atom. The quantitative estimate of drug-likeness (QED) is 0.437. The van der Waals surface area contributed by atoms with Crippen molar-refractivity contribution in [2.75, 3.05) is 0 Å². The van der Waals surface area contributed by atoms with Crippen molar-refractivity contribution in [3.8, 4) is 5.88 Å². The third-order valence-electron chi connectivity index (χ3n) is 5.39. The van der Waals surface area contributed by atoms with Gasteiger partial charge in [-0.3, -0.25) is 0 Å². The average Bonchev–Trinajstić information content (AvgIpc) is 3.20. The summed E-state index contributed by atoms with van der Waals surface area (Å²) in [5, 5.41) is 21.6. The van der Waals surface area contributed by atoms with E-state index in [1.54, 1.807) is 11.3 Å². The summed E-state index contributed by atoms with van der Waals surface area (Å²) in [7, 11) is 0. The summed E-state index contributed by atoms with van der Waals surface area (Å²) in [5.41, 5.74) is 2.78. The fourth-order valence-corrected chi connectivity index (χ4v) is 5.40. The number of hydrogen-bond acceptors (Lipinski definition) is 6. The molecular weight excluding hydrogens is 370 g/mol. The van der Waals surface area contributed by atoms with E-state index in [0.717, 1.165) is 34.0 Å². The lowest BCUT2D eigenvalue weighted by Crippen LogP contribution is -1.98. The minimum absolute atomic E-state index is 0.141. The first-order valence-electron chi connectivity index (χ1n) is 9.68. The normalized spacial score (nSPS) is 14.4. The van der Waals surface area contributed by atoms with E-state index in [0.29, 0.717) is 23.9 Å². The Morgan fingerprint density at radius 2 is 1.96 bits per heavy atom. The van der Waals surface area contributed by atoms with Crippen LogP contribution >= 0.6 is 11.3 Å². The number of nitrogens with zero attached hydrogens (tertiary/aromatic N) is 5. The van der Waals surface area contributed by atoms with Crippen molar-refractivity contribution in [1.82, 2.24) is 14.5 Å². The van der Waals surface area contributed by atoms with Crippen LogP contribution in [-0.4, -0.2) is 19.6 Å². The number of benzene rings is 1. The molecular formula is C21H21N5OS. The molecule has 1 N–H and O–H groups in total. The maximum Gasteiger partial charge on any atom is 0.220 e. The van der Waals surface area contributed by atoms with E-state index in [9.17, 15) is 5.11 Å². The second kappa shape index (κ2) is 6.67. The van der Waals surface area contributed by atoms with Crippen molar-refractivity contribution in [3.63, 3.8) is 0 Å². The molecule has 0 saturated carbocycles. The zero-order chi connectivity index (χ0) is 19.3. The van der Waals surface area contributed by atoms with Crippen molar-refractivity contribution < 1.29 is 5.11 Å². The predicted molar refractivity (Wildman–Crippen MR) is 112 cm³/mol. The first-order valence-corrected chi connectivity index (χ1v) is 10.5. The molecule has 0 saturated heterocycles. The molecule has 28 heavy (non-hydrogen) atoms. The van der Waals surface area contributed by atoms with Gasteiger partial charge in [-0.1, -0.05) is 18.2 Å². The Kier molecular flexibility index (Phi) is 4.12. The zero-order valence-electron chi connectivity index (χ0n) is 15.9. The van der Waals surface area contributed by atoms with Gasteiger partial charge in [0.05, 0.1) is 10.9 Å². The Morgan fingerprint density at radius 1 is 1.14 bits per heavy atom. The first-order chi connectivity index (χ1) is 13.7. The number of thiophene rings is 1. The van der Waals surface area contributed by atoms with Gasteiger partial charge in [0.25, 0.3) is 0 Å². The van der Waals surface area contributed by atoms with E-state index in [4.69, 9.17) is 0 Å². The van der Waals surface area contributed by atoms with Gasteiger partial charge in [-0.15, -0.1) is 21.6 Å². The van der Waals surface area contributed by atoms with Crippen LogP contribution < -0.4 is 0 Å². The molecule has 1 aliphatic carbocycles. The van der Waals surface area contributed by atoms with Crippen molar-refractivity contribution >= 4 is 44.0 Å². The van der Waals surface area contributed by atoms with Crippen LogP contribution in [-0.2, 0) is 19.4 Å². The van der Waals surface area contributed by atoms with Gasteiger partial charge in [0.2, 0.25) is 5.88 Å². The van der Waals surface area contributed by atoms with Crippen LogP contribution in [0.5, 0.6) is 5.88 Å². The molecule has 0 atom stereocenters. The molecule has 4 aromatic rings. The monoisotopic (exact) mass is 391 g/mol. The zero-order valence-corrected chi connectivity index (χ0v) is 16.8. The number of aromatic hydroxyl groups is 1. The molecule has 0 unspecified atom stereocenters. The number of fused-ring (bicyclic) bond motifs is 4. The lowest BCUT2D eigenvalue weighted by Gasteiger charge is -2.10. The van der Waals surface area contributed by atoms with Crippen LogP contribution in [0.2, 0.25) is 0 Å². The van der Waals surface area contributed by atoms with Gasteiger partial charge in [0, 0.05) is 16.8 Å². The summed E-state index contributed by atoms with van der Waals surface area (Å²) in [6, 6.07) is 7.86. The summed E-state index contributed by atoms with van der Waals surface area (Å²) in [4.78, 5) is 11.6. The summed E-state index contributed by atoms with van der Waals surface area (Å²) >= 11 is 1.76. The first kappa shape index (κ1) is 17.3. The van der Waals surface area contributed by atoms with Gasteiger partial charge in [0.15, 0.2) is 11.5 Å². The van der Waals surface area contributed by atoms with Gasteiger partial charge in [0.1, 0.15) is 10.7 Å². The minimum Gasteiger partial charge on any atom is -0.493 e. The Labute approximate surface area is 166 Å². The number of rotatable bonds is 3. The molecule has 7 heteroatoms. The van der Waals surface area contributed by atoms with Crippen LogP contribution in [0, 0.1) is 6.92 Å². The van der Waals surface area contributed by atoms with Crippen LogP contribution in [0.15, 0.2) is 34.5 Å². The van der Waals surface area contributed by atoms with Crippen LogP contribution in [0.4, 0.5) is 11.5 Å². The lowest BCUT2D eigenvalue weighted by molar-refractivity contribution is 0.427. The Bertz CT molecular complexity index is 1240. The third kappa shape index (κ3) is 2.61. The molecule has 1 aliphatic rings. The van der Waals surface area contributed by atoms with Gasteiger partial charge < -0.3 is 9.67 Å². The molecule has 0 radical (unpaired) electrons. The summed E-state index contributed by atoms with van der Waals surface area (Å²) in [6.45, 7) is 4.55. The molecule has 5 rings (SSSR count). The van der Waals surface area contributed by atoms with Crippen LogP contribution in [0.25, 0.3) is 21.1 Å². The molecule has 3 heterocycles. The standard InChI is InChI=1S/C21H21N5OS/c1-3-26-15-10-6-4-8-13(15)18(21(26)27)24-25-19-17-14-9-5-7-11-16(14)28-20(17)23-12(2)22-19/h4,6,8,10,27H,3,5,7,9,11H2,1-2H3. The number of hydrogen-bond donors (Lipinski definition) is 1. The fourth-order valence-electron chi connectivity index (χ4n) is 4.10. The van der Waals surface area contributed by atoms with Crippen molar-refractivity contribution in [1.29, 1.82) is 0 Å². The van der Waals surface area contributed by atoms with E-state index in [1.165, 1.54) is 23.3 Å². The molecule has 0 amide bonds. The largest absolute Gasteiger partial charge is 0.493 e. The summed E-state index contributed by atoms with van der Waals surface area (Å²) in [6.07, 6.45) is 4.57. The topological polar surface area (TPSA) is 75.7 Å². The number of aryl methyl sites for hydroxylation is 4. The molecule has 142 valence electrons. The molecule has 6 nitrogen and oxygen atoms in total. The molecule has 0 aliphatic heterocycles. The molecule has 0 spiro atoms. The van der Waals surface area contributed by atoms with Gasteiger partial charge in [-0.2, -0.15) is 0 Å². The highest BCUT2D eigenvalue weighted by Gasteiger charge is 2.21. The highest BCUT2D eigenvalue weighted by molar-refractivity contribution is 7.19. The second-order valence-electron chi connectivity index (χ2n) is 7.12. The number of aromatic nitrogens is 3. The number of para-hydroxylation sites is 1. The molecule has 3 aromatic heterocycles. The highest BCUT2D eigenvalue weighted by Crippen LogP contribution is 2.42. The predicted octanol–water partition coefficient (Wildman–Crippen LogP) is 5.97. The number of azo groups is 1. The van der Waals surface area contributed by atoms with Crippen molar-refractivity contribution in [3.05, 3.63) is 40.5 Å². The van der Waals surface area contributed by atoms with Crippen molar-refractivity contribution in [2.24, 2.45) is 10.2 Å². The Hall–Kier alpha value is -2.80. The van der Waals surface area contributed by atoms with Gasteiger partial charge in [-0.25, -0.2) is 9.97 Å². The van der Waals surface area contributed by atoms with Crippen LogP contribution in [0.3, 0.4) is 0 Å². The van der Waals surface area contributed by atoms with Gasteiger partial charge >= 0.3 is 0 Å². The SMILES string of the molecule is CCn1c(O)c(N=Nc2nc(C)nc3sc4c(c23)CCCC4)c2ccccc21.